The summed E-state index contributed by atoms with van der Waals surface area (Å²) >= 11 is 6.67. The molecule has 0 saturated carbocycles. The van der Waals surface area contributed by atoms with Crippen LogP contribution in [0.4, 0.5) is 11.4 Å². The Hall–Kier alpha value is -2.18. The number of nitrogens with zero attached hydrogens (tertiary/aromatic N) is 3. The number of pyridine rings is 1. The average molecular weight is 341 g/mol. The summed E-state index contributed by atoms with van der Waals surface area (Å²) in [7, 11) is 3.95. The molecule has 1 aromatic heterocycles. The van der Waals surface area contributed by atoms with Gasteiger partial charge in [0.2, 0.25) is 0 Å². The van der Waals surface area contributed by atoms with Gasteiger partial charge in [0.25, 0.3) is 5.91 Å². The van der Waals surface area contributed by atoms with E-state index >= 15 is 0 Å². The van der Waals surface area contributed by atoms with Gasteiger partial charge in [-0.2, -0.15) is 0 Å². The van der Waals surface area contributed by atoms with E-state index in [1.54, 1.807) is 17.2 Å². The van der Waals surface area contributed by atoms with E-state index in [0.29, 0.717) is 9.23 Å². The zero-order chi connectivity index (χ0) is 16.4. The van der Waals surface area contributed by atoms with Crippen molar-refractivity contribution in [2.75, 3.05) is 23.9 Å². The smallest absolute Gasteiger partial charge is 0.270 e. The Balaban J connectivity index is 1.88. The Labute approximate surface area is 144 Å². The lowest BCUT2D eigenvalue weighted by atomic mass is 10.2. The van der Waals surface area contributed by atoms with Crippen LogP contribution in [-0.2, 0) is 4.79 Å². The van der Waals surface area contributed by atoms with Gasteiger partial charge < -0.3 is 4.90 Å². The molecule has 1 amide bonds. The number of benzene rings is 1. The summed E-state index contributed by atoms with van der Waals surface area (Å²) in [6.45, 7) is 0. The van der Waals surface area contributed by atoms with Gasteiger partial charge in [0.05, 0.1) is 16.3 Å². The van der Waals surface area contributed by atoms with Crippen LogP contribution in [0.5, 0.6) is 0 Å². The standard InChI is InChI=1S/C17H15N3OS2/c1-19(2)13-6-8-14(9-7-13)20-16(21)15(23-17(20)22)11-12-5-3-4-10-18-12/h3-11H,1-2H3/b15-11-. The van der Waals surface area contributed by atoms with E-state index in [4.69, 9.17) is 12.2 Å². The third-order valence-corrected chi connectivity index (χ3v) is 4.69. The molecule has 0 unspecified atom stereocenters. The fourth-order valence-electron chi connectivity index (χ4n) is 2.19. The molecule has 1 aromatic carbocycles. The minimum atomic E-state index is -0.108. The maximum atomic E-state index is 12.7. The van der Waals surface area contributed by atoms with Crippen molar-refractivity contribution in [1.29, 1.82) is 0 Å². The second-order valence-corrected chi connectivity index (χ2v) is 6.86. The Morgan fingerprint density at radius 3 is 2.52 bits per heavy atom. The first-order chi connectivity index (χ1) is 11.1. The van der Waals surface area contributed by atoms with Crippen molar-refractivity contribution in [2.45, 2.75) is 0 Å². The molecular formula is C17H15N3OS2. The summed E-state index contributed by atoms with van der Waals surface area (Å²) in [6, 6.07) is 13.3. The number of rotatable bonds is 3. The van der Waals surface area contributed by atoms with Gasteiger partial charge in [0, 0.05) is 26.0 Å². The molecule has 2 aromatic rings. The van der Waals surface area contributed by atoms with Gasteiger partial charge in [-0.15, -0.1) is 0 Å². The van der Waals surface area contributed by atoms with E-state index in [1.807, 2.05) is 61.5 Å². The molecule has 2 heterocycles. The van der Waals surface area contributed by atoms with Gasteiger partial charge in [-0.05, 0) is 42.5 Å². The van der Waals surface area contributed by atoms with Gasteiger partial charge in [-0.3, -0.25) is 14.7 Å². The number of hydrogen-bond acceptors (Lipinski definition) is 5. The van der Waals surface area contributed by atoms with Crippen molar-refractivity contribution >= 4 is 51.7 Å². The van der Waals surface area contributed by atoms with Crippen LogP contribution in [-0.4, -0.2) is 29.3 Å². The van der Waals surface area contributed by atoms with Crippen LogP contribution in [0, 0.1) is 0 Å². The molecule has 0 atom stereocenters. The predicted molar refractivity (Wildman–Crippen MR) is 101 cm³/mol. The summed E-state index contributed by atoms with van der Waals surface area (Å²) in [6.07, 6.45) is 3.47. The molecule has 0 N–H and O–H groups in total. The van der Waals surface area contributed by atoms with Crippen LogP contribution in [0.2, 0.25) is 0 Å². The number of hydrogen-bond donors (Lipinski definition) is 0. The van der Waals surface area contributed by atoms with Crippen molar-refractivity contribution in [1.82, 2.24) is 4.98 Å². The normalized spacial score (nSPS) is 16.3. The molecule has 0 spiro atoms. The van der Waals surface area contributed by atoms with E-state index in [0.717, 1.165) is 17.1 Å². The van der Waals surface area contributed by atoms with Crippen molar-refractivity contribution in [3.05, 3.63) is 59.3 Å². The van der Waals surface area contributed by atoms with Gasteiger partial charge in [0.1, 0.15) is 0 Å². The first kappa shape index (κ1) is 15.7. The van der Waals surface area contributed by atoms with Crippen molar-refractivity contribution < 1.29 is 4.79 Å². The second-order valence-electron chi connectivity index (χ2n) is 5.18. The third-order valence-electron chi connectivity index (χ3n) is 3.38. The van der Waals surface area contributed by atoms with Gasteiger partial charge >= 0.3 is 0 Å². The Kier molecular flexibility index (Phi) is 4.45. The molecule has 1 fully saturated rings. The summed E-state index contributed by atoms with van der Waals surface area (Å²) in [4.78, 5) is 21.0. The molecule has 3 rings (SSSR count). The first-order valence-electron chi connectivity index (χ1n) is 7.02. The number of amides is 1. The Morgan fingerprint density at radius 1 is 1.17 bits per heavy atom. The summed E-state index contributed by atoms with van der Waals surface area (Å²) in [5, 5.41) is 0. The molecule has 1 aliphatic rings. The number of carbonyl (C=O) groups is 1. The number of thiocarbonyl (C=S) groups is 1. The maximum absolute atomic E-state index is 12.7. The zero-order valence-electron chi connectivity index (χ0n) is 12.8. The number of anilines is 2. The maximum Gasteiger partial charge on any atom is 0.270 e. The van der Waals surface area contributed by atoms with Gasteiger partial charge in [-0.1, -0.05) is 30.0 Å². The second kappa shape index (κ2) is 6.52. The Morgan fingerprint density at radius 2 is 1.91 bits per heavy atom. The molecular weight excluding hydrogens is 326 g/mol. The van der Waals surface area contributed by atoms with Crippen molar-refractivity contribution in [3.8, 4) is 0 Å². The van der Waals surface area contributed by atoms with Gasteiger partial charge in [-0.25, -0.2) is 0 Å². The molecule has 6 heteroatoms. The average Bonchev–Trinajstić information content (AvgIpc) is 2.82. The highest BCUT2D eigenvalue weighted by Gasteiger charge is 2.33. The number of aromatic nitrogens is 1. The summed E-state index contributed by atoms with van der Waals surface area (Å²) in [5.41, 5.74) is 2.60. The minimum Gasteiger partial charge on any atom is -0.378 e. The van der Waals surface area contributed by atoms with Crippen molar-refractivity contribution in [3.63, 3.8) is 0 Å². The number of thioether (sulfide) groups is 1. The predicted octanol–water partition coefficient (Wildman–Crippen LogP) is 3.55. The van der Waals surface area contributed by atoms with Crippen LogP contribution in [0.1, 0.15) is 5.69 Å². The molecule has 1 saturated heterocycles. The fraction of sp³-hybridized carbons (Fsp3) is 0.118. The third kappa shape index (κ3) is 3.28. The lowest BCUT2D eigenvalue weighted by Crippen LogP contribution is -2.27. The largest absolute Gasteiger partial charge is 0.378 e. The molecule has 0 aliphatic carbocycles. The summed E-state index contributed by atoms with van der Waals surface area (Å²) in [5.74, 6) is -0.108. The zero-order valence-corrected chi connectivity index (χ0v) is 14.4. The highest BCUT2D eigenvalue weighted by molar-refractivity contribution is 8.27. The lowest BCUT2D eigenvalue weighted by molar-refractivity contribution is -0.113. The Bertz CT molecular complexity index is 770. The van der Waals surface area contributed by atoms with Crippen LogP contribution < -0.4 is 9.80 Å². The monoisotopic (exact) mass is 341 g/mol. The van der Waals surface area contributed by atoms with E-state index in [2.05, 4.69) is 4.98 Å². The van der Waals surface area contributed by atoms with E-state index in [1.165, 1.54) is 11.8 Å². The number of carbonyl (C=O) groups excluding carboxylic acids is 1. The van der Waals surface area contributed by atoms with Crippen LogP contribution in [0.15, 0.2) is 53.6 Å². The topological polar surface area (TPSA) is 36.4 Å². The molecule has 23 heavy (non-hydrogen) atoms. The SMILES string of the molecule is CN(C)c1ccc(N2C(=O)/C(=C/c3ccccn3)SC2=S)cc1. The first-order valence-corrected chi connectivity index (χ1v) is 8.25. The van der Waals surface area contributed by atoms with Crippen LogP contribution in [0.3, 0.4) is 0 Å². The van der Waals surface area contributed by atoms with E-state index in [9.17, 15) is 4.79 Å². The highest BCUT2D eigenvalue weighted by Crippen LogP contribution is 2.36. The quantitative estimate of drug-likeness (QED) is 0.630. The van der Waals surface area contributed by atoms with Gasteiger partial charge in [0.15, 0.2) is 4.32 Å². The van der Waals surface area contributed by atoms with E-state index in [-0.39, 0.29) is 5.91 Å². The molecule has 1 aliphatic heterocycles. The van der Waals surface area contributed by atoms with Crippen molar-refractivity contribution in [2.24, 2.45) is 0 Å². The van der Waals surface area contributed by atoms with E-state index < -0.39 is 0 Å². The molecule has 0 bridgehead atoms. The summed E-state index contributed by atoms with van der Waals surface area (Å²) < 4.78 is 0.537. The highest BCUT2D eigenvalue weighted by atomic mass is 32.2. The minimum absolute atomic E-state index is 0.108. The van der Waals surface area contributed by atoms with Crippen LogP contribution >= 0.6 is 24.0 Å². The van der Waals surface area contributed by atoms with Crippen LogP contribution in [0.25, 0.3) is 6.08 Å². The molecule has 116 valence electrons. The molecule has 0 radical (unpaired) electrons. The fourth-order valence-corrected chi connectivity index (χ4v) is 3.47. The molecule has 4 nitrogen and oxygen atoms in total. The lowest BCUT2D eigenvalue weighted by Gasteiger charge is -2.17.